The van der Waals surface area contributed by atoms with Gasteiger partial charge in [0.1, 0.15) is 22.8 Å². The van der Waals surface area contributed by atoms with Crippen molar-refractivity contribution in [3.05, 3.63) is 46.2 Å². The third kappa shape index (κ3) is 2.06. The lowest BCUT2D eigenvalue weighted by Gasteiger charge is -2.47. The molecule has 28 heavy (non-hydrogen) atoms. The van der Waals surface area contributed by atoms with Crippen LogP contribution < -0.4 is 5.73 Å². The number of carbonyl (C=O) groups excluding carboxylic acids is 3. The monoisotopic (exact) mass is 385 g/mol. The van der Waals surface area contributed by atoms with E-state index in [9.17, 15) is 34.8 Å². The highest BCUT2D eigenvalue weighted by Gasteiger charge is 2.61. The Morgan fingerprint density at radius 2 is 1.89 bits per heavy atom. The minimum absolute atomic E-state index is 0.0992. The Hall–Kier alpha value is -3.13. The van der Waals surface area contributed by atoms with Crippen molar-refractivity contribution in [2.45, 2.75) is 31.3 Å². The Morgan fingerprint density at radius 1 is 1.21 bits per heavy atom. The molecule has 1 unspecified atom stereocenters. The fraction of sp³-hybridized carbons (Fsp3) is 0.350. The number of phenols is 1. The Bertz CT molecular complexity index is 1020. The zero-order valence-corrected chi connectivity index (χ0v) is 15.0. The van der Waals surface area contributed by atoms with Crippen molar-refractivity contribution in [1.82, 2.24) is 0 Å². The number of ketones is 2. The average Bonchev–Trinajstić information content (AvgIpc) is 2.62. The number of aliphatic hydroxyl groups excluding tert-OH is 2. The van der Waals surface area contributed by atoms with E-state index in [0.717, 1.165) is 0 Å². The highest BCUT2D eigenvalue weighted by Crippen LogP contribution is 2.55. The summed E-state index contributed by atoms with van der Waals surface area (Å²) >= 11 is 0. The van der Waals surface area contributed by atoms with Crippen LogP contribution in [0.5, 0.6) is 5.75 Å². The normalized spacial score (nSPS) is 32.0. The Morgan fingerprint density at radius 3 is 2.54 bits per heavy atom. The van der Waals surface area contributed by atoms with Gasteiger partial charge < -0.3 is 26.2 Å². The summed E-state index contributed by atoms with van der Waals surface area (Å²) in [4.78, 5) is 37.1. The van der Waals surface area contributed by atoms with Gasteiger partial charge in [-0.25, -0.2) is 0 Å². The summed E-state index contributed by atoms with van der Waals surface area (Å²) < 4.78 is 0. The van der Waals surface area contributed by atoms with E-state index in [0.29, 0.717) is 5.56 Å². The fourth-order valence-corrected chi connectivity index (χ4v) is 4.87. The Labute approximate surface area is 159 Å². The molecule has 1 aromatic rings. The number of amides is 1. The van der Waals surface area contributed by atoms with Gasteiger partial charge >= 0.3 is 0 Å². The van der Waals surface area contributed by atoms with Gasteiger partial charge in [-0.2, -0.15) is 0 Å². The van der Waals surface area contributed by atoms with E-state index in [1.54, 1.807) is 12.1 Å². The lowest BCUT2D eigenvalue weighted by molar-refractivity contribution is -0.148. The summed E-state index contributed by atoms with van der Waals surface area (Å²) in [7, 11) is 0. The van der Waals surface area contributed by atoms with Crippen LogP contribution in [0.15, 0.2) is 35.1 Å². The quantitative estimate of drug-likeness (QED) is 0.451. The predicted molar refractivity (Wildman–Crippen MR) is 96.1 cm³/mol. The molecular formula is C20H19NO7. The van der Waals surface area contributed by atoms with E-state index >= 15 is 0 Å². The lowest BCUT2D eigenvalue weighted by Crippen LogP contribution is -2.58. The van der Waals surface area contributed by atoms with Crippen LogP contribution in [0.3, 0.4) is 0 Å². The number of phenolic OH excluding ortho intramolecular Hbond substituents is 1. The molecule has 3 aliphatic carbocycles. The second-order valence-corrected chi connectivity index (χ2v) is 7.64. The summed E-state index contributed by atoms with van der Waals surface area (Å²) in [5.41, 5.74) is 2.43. The number of rotatable bonds is 1. The van der Waals surface area contributed by atoms with Crippen LogP contribution >= 0.6 is 0 Å². The van der Waals surface area contributed by atoms with Crippen LogP contribution in [-0.4, -0.2) is 43.5 Å². The molecule has 1 saturated carbocycles. The first kappa shape index (κ1) is 18.2. The Kier molecular flexibility index (Phi) is 3.70. The number of hydrogen-bond donors (Lipinski definition) is 5. The van der Waals surface area contributed by atoms with Crippen LogP contribution in [0.25, 0.3) is 5.76 Å². The van der Waals surface area contributed by atoms with Gasteiger partial charge in [0.15, 0.2) is 11.4 Å². The maximum Gasteiger partial charge on any atom is 0.255 e. The molecule has 0 bridgehead atoms. The number of fused-ring (bicyclic) bond motifs is 3. The molecule has 1 fully saturated rings. The molecular weight excluding hydrogens is 366 g/mol. The standard InChI is InChI=1S/C20H19NO7/c1-7-9-3-2-4-11(22)13(9)16(24)14-10(7)5-8-6-12(23)15(19(21)27)18(26)20(8,28)17(14)25/h2-4,7-8,10,22,24,26,28H,5-6H2,1H3,(H2,21,27)/t7-,8?,10+,20-/m0/s1. The molecule has 4 atom stereocenters. The molecule has 8 nitrogen and oxygen atoms in total. The molecule has 0 spiro atoms. The van der Waals surface area contributed by atoms with Crippen LogP contribution in [-0.2, 0) is 14.4 Å². The number of carbonyl (C=O) groups is 3. The first-order chi connectivity index (χ1) is 13.1. The lowest BCUT2D eigenvalue weighted by atomic mass is 9.57. The third-order valence-electron chi connectivity index (χ3n) is 6.31. The van der Waals surface area contributed by atoms with Crippen LogP contribution in [0, 0.1) is 11.8 Å². The largest absolute Gasteiger partial charge is 0.508 e. The van der Waals surface area contributed by atoms with Crippen LogP contribution in [0.2, 0.25) is 0 Å². The third-order valence-corrected chi connectivity index (χ3v) is 6.31. The molecule has 0 heterocycles. The maximum absolute atomic E-state index is 13.3. The topological polar surface area (TPSA) is 158 Å². The number of primary amides is 1. The Balaban J connectivity index is 1.97. The number of aromatic hydroxyl groups is 1. The van der Waals surface area contributed by atoms with Crippen molar-refractivity contribution in [2.75, 3.05) is 0 Å². The summed E-state index contributed by atoms with van der Waals surface area (Å²) in [5.74, 6) is -6.49. The highest BCUT2D eigenvalue weighted by molar-refractivity contribution is 6.22. The average molecular weight is 385 g/mol. The van der Waals surface area contributed by atoms with E-state index in [4.69, 9.17) is 5.73 Å². The molecule has 0 radical (unpaired) electrons. The molecule has 3 aliphatic rings. The first-order valence-corrected chi connectivity index (χ1v) is 8.89. The molecule has 4 rings (SSSR count). The summed E-state index contributed by atoms with van der Waals surface area (Å²) in [6, 6.07) is 4.73. The summed E-state index contributed by atoms with van der Waals surface area (Å²) in [6.07, 6.45) is -0.200. The number of benzene rings is 1. The SMILES string of the molecule is C[C@H]1c2cccc(O)c2C(O)=C2C(=O)[C@]3(O)C(O)=C(C(N)=O)C(=O)CC3C[C@@H]21. The zero-order chi connectivity index (χ0) is 20.5. The second kappa shape index (κ2) is 5.68. The smallest absolute Gasteiger partial charge is 0.255 e. The van der Waals surface area contributed by atoms with Gasteiger partial charge in [0.25, 0.3) is 5.91 Å². The first-order valence-electron chi connectivity index (χ1n) is 8.89. The molecule has 1 aromatic carbocycles. The van der Waals surface area contributed by atoms with E-state index < -0.39 is 52.0 Å². The van der Waals surface area contributed by atoms with Crippen LogP contribution in [0.4, 0.5) is 0 Å². The van der Waals surface area contributed by atoms with Gasteiger partial charge in [-0.05, 0) is 29.9 Å². The number of Topliss-reactive ketones (excluding diaryl/α,β-unsaturated/α-hetero) is 2. The van der Waals surface area contributed by atoms with Crippen molar-refractivity contribution >= 4 is 23.2 Å². The minimum Gasteiger partial charge on any atom is -0.508 e. The maximum atomic E-state index is 13.3. The van der Waals surface area contributed by atoms with Crippen molar-refractivity contribution in [2.24, 2.45) is 17.6 Å². The van der Waals surface area contributed by atoms with E-state index in [1.807, 2.05) is 6.92 Å². The van der Waals surface area contributed by atoms with Crippen LogP contribution in [0.1, 0.15) is 36.8 Å². The van der Waals surface area contributed by atoms with Crippen molar-refractivity contribution < 1.29 is 34.8 Å². The van der Waals surface area contributed by atoms with Gasteiger partial charge in [0.2, 0.25) is 5.78 Å². The van der Waals surface area contributed by atoms with Gasteiger partial charge in [0.05, 0.1) is 5.56 Å². The van der Waals surface area contributed by atoms with E-state index in [-0.39, 0.29) is 35.6 Å². The molecule has 146 valence electrons. The molecule has 8 heteroatoms. The number of aliphatic hydroxyl groups is 3. The molecule has 0 aromatic heterocycles. The fourth-order valence-electron chi connectivity index (χ4n) is 4.87. The van der Waals surface area contributed by atoms with Crippen molar-refractivity contribution in [3.63, 3.8) is 0 Å². The highest BCUT2D eigenvalue weighted by atomic mass is 16.3. The predicted octanol–water partition coefficient (Wildman–Crippen LogP) is 0.985. The molecule has 6 N–H and O–H groups in total. The van der Waals surface area contributed by atoms with E-state index in [2.05, 4.69) is 0 Å². The van der Waals surface area contributed by atoms with Gasteiger partial charge in [-0.15, -0.1) is 0 Å². The van der Waals surface area contributed by atoms with Gasteiger partial charge in [-0.1, -0.05) is 19.1 Å². The molecule has 1 amide bonds. The van der Waals surface area contributed by atoms with Crippen molar-refractivity contribution in [3.8, 4) is 5.75 Å². The second-order valence-electron chi connectivity index (χ2n) is 7.64. The summed E-state index contributed by atoms with van der Waals surface area (Å²) in [5, 5.41) is 42.5. The van der Waals surface area contributed by atoms with Gasteiger partial charge in [0, 0.05) is 17.9 Å². The minimum atomic E-state index is -2.53. The number of nitrogens with two attached hydrogens (primary N) is 1. The molecule has 0 aliphatic heterocycles. The summed E-state index contributed by atoms with van der Waals surface area (Å²) in [6.45, 7) is 1.82. The number of hydrogen-bond acceptors (Lipinski definition) is 7. The molecule has 0 saturated heterocycles. The van der Waals surface area contributed by atoms with E-state index in [1.165, 1.54) is 6.07 Å². The van der Waals surface area contributed by atoms with Gasteiger partial charge in [-0.3, -0.25) is 14.4 Å². The van der Waals surface area contributed by atoms with Crippen molar-refractivity contribution in [1.29, 1.82) is 0 Å². The zero-order valence-electron chi connectivity index (χ0n) is 15.0.